The molecule has 2 unspecified atom stereocenters. The summed E-state index contributed by atoms with van der Waals surface area (Å²) in [4.78, 5) is 29.1. The number of amides is 1. The molecule has 3 rings (SSSR count). The number of ether oxygens (including phenoxy) is 1. The summed E-state index contributed by atoms with van der Waals surface area (Å²) in [6.45, 7) is 10.7. The summed E-state index contributed by atoms with van der Waals surface area (Å²) < 4.78 is 5.75. The van der Waals surface area contributed by atoms with E-state index in [0.29, 0.717) is 6.42 Å². The quantitative estimate of drug-likeness (QED) is 0.500. The predicted octanol–water partition coefficient (Wildman–Crippen LogP) is 5.48. The Morgan fingerprint density at radius 1 is 1.15 bits per heavy atom. The van der Waals surface area contributed by atoms with Crippen LogP contribution in [0.5, 0.6) is 0 Å². The van der Waals surface area contributed by atoms with Crippen LogP contribution in [-0.4, -0.2) is 41.5 Å². The van der Waals surface area contributed by atoms with Crippen LogP contribution in [0.15, 0.2) is 30.3 Å². The molecule has 1 heterocycles. The number of esters is 1. The average Bonchev–Trinajstić information content (AvgIpc) is 3.20. The normalized spacial score (nSPS) is 22.0. The second-order valence-corrected chi connectivity index (χ2v) is 11.2. The van der Waals surface area contributed by atoms with Crippen molar-refractivity contribution in [3.05, 3.63) is 35.9 Å². The second kappa shape index (κ2) is 11.5. The Kier molecular flexibility index (Phi) is 8.97. The molecule has 0 spiro atoms. The van der Waals surface area contributed by atoms with Crippen LogP contribution < -0.4 is 5.32 Å². The number of rotatable bonds is 9. The van der Waals surface area contributed by atoms with Crippen molar-refractivity contribution in [2.75, 3.05) is 13.1 Å². The summed E-state index contributed by atoms with van der Waals surface area (Å²) in [7, 11) is 0. The molecular formula is C28H44N2O3. The molecule has 0 bridgehead atoms. The van der Waals surface area contributed by atoms with E-state index in [-0.39, 0.29) is 23.8 Å². The van der Waals surface area contributed by atoms with Gasteiger partial charge in [0.15, 0.2) is 0 Å². The van der Waals surface area contributed by atoms with Gasteiger partial charge in [0.25, 0.3) is 0 Å². The molecule has 184 valence electrons. The molecule has 5 nitrogen and oxygen atoms in total. The van der Waals surface area contributed by atoms with E-state index in [2.05, 4.69) is 41.4 Å². The zero-order valence-electron chi connectivity index (χ0n) is 21.2. The summed E-state index contributed by atoms with van der Waals surface area (Å²) in [6.07, 6.45) is 8.34. The zero-order valence-corrected chi connectivity index (χ0v) is 21.2. The summed E-state index contributed by atoms with van der Waals surface area (Å²) in [6, 6.07) is 10.7. The van der Waals surface area contributed by atoms with E-state index in [1.165, 1.54) is 12.0 Å². The lowest BCUT2D eigenvalue weighted by Crippen LogP contribution is -2.49. The van der Waals surface area contributed by atoms with Gasteiger partial charge in [0.2, 0.25) is 5.91 Å². The van der Waals surface area contributed by atoms with Crippen molar-refractivity contribution in [2.24, 2.45) is 11.3 Å². The van der Waals surface area contributed by atoms with Crippen LogP contribution in [0.3, 0.4) is 0 Å². The van der Waals surface area contributed by atoms with E-state index in [0.717, 1.165) is 64.6 Å². The molecule has 1 N–H and O–H groups in total. The first-order chi connectivity index (χ1) is 15.7. The highest BCUT2D eigenvalue weighted by Gasteiger charge is 2.44. The van der Waals surface area contributed by atoms with Crippen LogP contribution >= 0.6 is 0 Å². The molecule has 1 aromatic rings. The highest BCUT2D eigenvalue weighted by atomic mass is 16.6. The van der Waals surface area contributed by atoms with E-state index >= 15 is 0 Å². The highest BCUT2D eigenvalue weighted by molar-refractivity contribution is 5.84. The van der Waals surface area contributed by atoms with Crippen molar-refractivity contribution in [1.82, 2.24) is 10.2 Å². The third-order valence-corrected chi connectivity index (χ3v) is 7.16. The maximum absolute atomic E-state index is 13.7. The van der Waals surface area contributed by atoms with Gasteiger partial charge in [-0.3, -0.25) is 14.5 Å². The molecule has 2 fully saturated rings. The van der Waals surface area contributed by atoms with Crippen LogP contribution in [0.2, 0.25) is 0 Å². The Hall–Kier alpha value is -1.88. The van der Waals surface area contributed by atoms with Crippen LogP contribution in [0, 0.1) is 11.3 Å². The van der Waals surface area contributed by atoms with E-state index in [1.54, 1.807) is 0 Å². The minimum atomic E-state index is -0.503. The molecule has 33 heavy (non-hydrogen) atoms. The van der Waals surface area contributed by atoms with Gasteiger partial charge in [-0.15, -0.1) is 0 Å². The fraction of sp³-hybridized carbons (Fsp3) is 0.714. The van der Waals surface area contributed by atoms with E-state index in [4.69, 9.17) is 4.74 Å². The van der Waals surface area contributed by atoms with Crippen LogP contribution in [0.1, 0.15) is 91.0 Å². The van der Waals surface area contributed by atoms with Crippen molar-refractivity contribution in [3.63, 3.8) is 0 Å². The van der Waals surface area contributed by atoms with Crippen molar-refractivity contribution in [2.45, 2.75) is 104 Å². The van der Waals surface area contributed by atoms with Crippen LogP contribution in [0.4, 0.5) is 0 Å². The number of nitrogens with zero attached hydrogens (tertiary/aromatic N) is 1. The summed E-state index contributed by atoms with van der Waals surface area (Å²) in [5.74, 6) is -0.188. The van der Waals surface area contributed by atoms with Crippen LogP contribution in [-0.2, 0) is 20.9 Å². The lowest BCUT2D eigenvalue weighted by atomic mass is 9.67. The molecule has 0 radical (unpaired) electrons. The number of carbonyl (C=O) groups excluding carboxylic acids is 2. The summed E-state index contributed by atoms with van der Waals surface area (Å²) in [5.41, 5.74) is 0.367. The van der Waals surface area contributed by atoms with Crippen LogP contribution in [0.25, 0.3) is 0 Å². The molecule has 0 aromatic heterocycles. The fourth-order valence-electron chi connectivity index (χ4n) is 5.54. The van der Waals surface area contributed by atoms with Crippen molar-refractivity contribution in [3.8, 4) is 0 Å². The molecule has 1 aliphatic carbocycles. The van der Waals surface area contributed by atoms with Crippen molar-refractivity contribution < 1.29 is 14.3 Å². The predicted molar refractivity (Wildman–Crippen MR) is 133 cm³/mol. The summed E-state index contributed by atoms with van der Waals surface area (Å²) >= 11 is 0. The maximum Gasteiger partial charge on any atom is 0.309 e. The van der Waals surface area contributed by atoms with Crippen molar-refractivity contribution >= 4 is 11.9 Å². The molecule has 2 aliphatic rings. The monoisotopic (exact) mass is 456 g/mol. The van der Waals surface area contributed by atoms with Gasteiger partial charge < -0.3 is 10.1 Å². The minimum absolute atomic E-state index is 0.142. The first-order valence-corrected chi connectivity index (χ1v) is 13.0. The number of nitrogens with one attached hydrogen (secondary N) is 1. The minimum Gasteiger partial charge on any atom is -0.460 e. The Morgan fingerprint density at radius 3 is 2.48 bits per heavy atom. The Balaban J connectivity index is 1.64. The number of benzene rings is 1. The number of hydrogen-bond acceptors (Lipinski definition) is 4. The lowest BCUT2D eigenvalue weighted by Gasteiger charge is -2.39. The highest BCUT2D eigenvalue weighted by Crippen LogP contribution is 2.43. The molecule has 1 aromatic carbocycles. The standard InChI is InChI=1S/C28H44N2O3/c1-5-12-23(25(31)33-27(2,3)4)19-28(16-10-7-11-17-28)26(32)29-24-15-18-30(21-24)20-22-13-8-6-9-14-22/h6,8-9,13-14,23-24H,5,7,10-12,15-21H2,1-4H3,(H,29,32). The molecule has 2 atom stereocenters. The fourth-order valence-corrected chi connectivity index (χ4v) is 5.54. The SMILES string of the molecule is CCCC(CC1(C(=O)NC2CCN(Cc3ccccc3)C2)CCCCC1)C(=O)OC(C)(C)C. The third kappa shape index (κ3) is 7.56. The molecule has 1 aliphatic heterocycles. The number of hydrogen-bond donors (Lipinski definition) is 1. The van der Waals surface area contributed by atoms with Gasteiger partial charge in [0.05, 0.1) is 11.3 Å². The largest absolute Gasteiger partial charge is 0.460 e. The van der Waals surface area contributed by atoms with Gasteiger partial charge in [0.1, 0.15) is 5.60 Å². The topological polar surface area (TPSA) is 58.6 Å². The van der Waals surface area contributed by atoms with E-state index in [9.17, 15) is 9.59 Å². The first kappa shape index (κ1) is 25.7. The smallest absolute Gasteiger partial charge is 0.309 e. The Bertz CT molecular complexity index is 765. The third-order valence-electron chi connectivity index (χ3n) is 7.16. The van der Waals surface area contributed by atoms with Gasteiger partial charge in [-0.2, -0.15) is 0 Å². The summed E-state index contributed by atoms with van der Waals surface area (Å²) in [5, 5.41) is 3.41. The molecular weight excluding hydrogens is 412 g/mol. The van der Waals surface area contributed by atoms with Gasteiger partial charge in [-0.05, 0) is 58.4 Å². The lowest BCUT2D eigenvalue weighted by molar-refractivity contribution is -0.162. The van der Waals surface area contributed by atoms with Gasteiger partial charge in [-0.1, -0.05) is 62.9 Å². The average molecular weight is 457 g/mol. The van der Waals surface area contributed by atoms with E-state index < -0.39 is 11.0 Å². The molecule has 1 saturated heterocycles. The Labute approximate surface area is 200 Å². The van der Waals surface area contributed by atoms with Crippen molar-refractivity contribution in [1.29, 1.82) is 0 Å². The van der Waals surface area contributed by atoms with Gasteiger partial charge in [-0.25, -0.2) is 0 Å². The molecule has 5 heteroatoms. The Morgan fingerprint density at radius 2 is 1.85 bits per heavy atom. The first-order valence-electron chi connectivity index (χ1n) is 13.0. The maximum atomic E-state index is 13.7. The number of carbonyl (C=O) groups is 2. The molecule has 1 amide bonds. The number of likely N-dealkylation sites (tertiary alicyclic amines) is 1. The van der Waals surface area contributed by atoms with Gasteiger partial charge in [0, 0.05) is 25.7 Å². The van der Waals surface area contributed by atoms with Gasteiger partial charge >= 0.3 is 5.97 Å². The zero-order chi connectivity index (χ0) is 23.9. The molecule has 1 saturated carbocycles. The second-order valence-electron chi connectivity index (χ2n) is 11.2. The van der Waals surface area contributed by atoms with E-state index in [1.807, 2.05) is 26.8 Å².